The van der Waals surface area contributed by atoms with Crippen molar-refractivity contribution >= 4 is 17.0 Å². The SMILES string of the molecule is COC(=O)COCn1nnc2ccccc21. The van der Waals surface area contributed by atoms with E-state index in [1.165, 1.54) is 7.11 Å². The molecule has 1 aromatic heterocycles. The zero-order valence-electron chi connectivity index (χ0n) is 8.79. The van der Waals surface area contributed by atoms with Gasteiger partial charge in [0.15, 0.2) is 0 Å². The summed E-state index contributed by atoms with van der Waals surface area (Å²) in [4.78, 5) is 10.8. The minimum atomic E-state index is -0.413. The number of carbonyl (C=O) groups excluding carboxylic acids is 1. The van der Waals surface area contributed by atoms with Gasteiger partial charge in [-0.1, -0.05) is 17.3 Å². The molecule has 0 spiro atoms. The number of benzene rings is 1. The Balaban J connectivity index is 2.02. The molecule has 0 atom stereocenters. The Hall–Kier alpha value is -1.95. The summed E-state index contributed by atoms with van der Waals surface area (Å²) in [6.07, 6.45) is 0. The van der Waals surface area contributed by atoms with Crippen LogP contribution in [-0.4, -0.2) is 34.7 Å². The highest BCUT2D eigenvalue weighted by atomic mass is 16.6. The summed E-state index contributed by atoms with van der Waals surface area (Å²) in [5, 5.41) is 7.86. The van der Waals surface area contributed by atoms with Crippen LogP contribution in [0.5, 0.6) is 0 Å². The number of hydrogen-bond acceptors (Lipinski definition) is 5. The Kier molecular flexibility index (Phi) is 3.11. The Bertz CT molecular complexity index is 495. The molecule has 0 fully saturated rings. The van der Waals surface area contributed by atoms with E-state index in [2.05, 4.69) is 15.0 Å². The fourth-order valence-electron chi connectivity index (χ4n) is 1.29. The lowest BCUT2D eigenvalue weighted by atomic mass is 10.3. The van der Waals surface area contributed by atoms with Crippen molar-refractivity contribution in [3.63, 3.8) is 0 Å². The molecule has 0 N–H and O–H groups in total. The Morgan fingerprint density at radius 2 is 2.25 bits per heavy atom. The van der Waals surface area contributed by atoms with Crippen LogP contribution < -0.4 is 0 Å². The summed E-state index contributed by atoms with van der Waals surface area (Å²) >= 11 is 0. The van der Waals surface area contributed by atoms with Gasteiger partial charge in [0.05, 0.1) is 12.6 Å². The first-order valence-electron chi connectivity index (χ1n) is 4.74. The molecule has 0 radical (unpaired) electrons. The second kappa shape index (κ2) is 4.71. The van der Waals surface area contributed by atoms with Gasteiger partial charge in [-0.15, -0.1) is 5.10 Å². The maximum Gasteiger partial charge on any atom is 0.331 e. The minimum absolute atomic E-state index is 0.0926. The van der Waals surface area contributed by atoms with Crippen LogP contribution in [0.3, 0.4) is 0 Å². The predicted octanol–water partition coefficient (Wildman–Crippen LogP) is 0.578. The molecule has 0 aliphatic heterocycles. The number of nitrogens with zero attached hydrogens (tertiary/aromatic N) is 3. The van der Waals surface area contributed by atoms with Gasteiger partial charge in [0, 0.05) is 0 Å². The van der Waals surface area contributed by atoms with Crippen molar-refractivity contribution in [2.24, 2.45) is 0 Å². The summed E-state index contributed by atoms with van der Waals surface area (Å²) in [6, 6.07) is 7.52. The van der Waals surface area contributed by atoms with Crippen molar-refractivity contribution in [1.29, 1.82) is 0 Å². The van der Waals surface area contributed by atoms with E-state index in [9.17, 15) is 4.79 Å². The van der Waals surface area contributed by atoms with E-state index in [-0.39, 0.29) is 13.3 Å². The quantitative estimate of drug-likeness (QED) is 0.706. The highest BCUT2D eigenvalue weighted by molar-refractivity contribution is 5.73. The summed E-state index contributed by atoms with van der Waals surface area (Å²) in [7, 11) is 1.32. The molecule has 0 aliphatic rings. The lowest BCUT2D eigenvalue weighted by molar-refractivity contribution is -0.147. The predicted molar refractivity (Wildman–Crippen MR) is 55.5 cm³/mol. The van der Waals surface area contributed by atoms with Gasteiger partial charge in [-0.3, -0.25) is 0 Å². The molecule has 0 bridgehead atoms. The monoisotopic (exact) mass is 221 g/mol. The third-order valence-corrected chi connectivity index (χ3v) is 2.08. The normalized spacial score (nSPS) is 10.6. The van der Waals surface area contributed by atoms with E-state index < -0.39 is 5.97 Å². The fourth-order valence-corrected chi connectivity index (χ4v) is 1.29. The smallest absolute Gasteiger partial charge is 0.331 e. The molecule has 0 unspecified atom stereocenters. The number of fused-ring (bicyclic) bond motifs is 1. The summed E-state index contributed by atoms with van der Waals surface area (Å²) in [5.74, 6) is -0.413. The van der Waals surface area contributed by atoms with E-state index in [0.717, 1.165) is 11.0 Å². The number of ether oxygens (including phenoxy) is 2. The van der Waals surface area contributed by atoms with Crippen molar-refractivity contribution in [1.82, 2.24) is 15.0 Å². The van der Waals surface area contributed by atoms with Crippen molar-refractivity contribution < 1.29 is 14.3 Å². The number of rotatable bonds is 4. The molecule has 2 rings (SSSR count). The third-order valence-electron chi connectivity index (χ3n) is 2.08. The second-order valence-electron chi connectivity index (χ2n) is 3.13. The first-order valence-corrected chi connectivity index (χ1v) is 4.74. The van der Waals surface area contributed by atoms with E-state index in [4.69, 9.17) is 4.74 Å². The lowest BCUT2D eigenvalue weighted by Gasteiger charge is -2.03. The number of methoxy groups -OCH3 is 1. The molecule has 2 aromatic rings. The molecule has 6 nitrogen and oxygen atoms in total. The molecule has 16 heavy (non-hydrogen) atoms. The van der Waals surface area contributed by atoms with Crippen molar-refractivity contribution in [2.45, 2.75) is 6.73 Å². The number of hydrogen-bond donors (Lipinski definition) is 0. The first kappa shape index (κ1) is 10.6. The maximum absolute atomic E-state index is 10.8. The Labute approximate surface area is 91.8 Å². The van der Waals surface area contributed by atoms with Crippen LogP contribution in [-0.2, 0) is 21.0 Å². The molecule has 0 saturated heterocycles. The van der Waals surface area contributed by atoms with E-state index in [0.29, 0.717) is 0 Å². The van der Waals surface area contributed by atoms with Crippen LogP contribution in [0.1, 0.15) is 0 Å². The molecular formula is C10H11N3O3. The van der Waals surface area contributed by atoms with E-state index in [1.807, 2.05) is 24.3 Å². The first-order chi connectivity index (χ1) is 7.81. The topological polar surface area (TPSA) is 66.2 Å². The molecule has 0 saturated carbocycles. The number of esters is 1. The molecule has 0 amide bonds. The lowest BCUT2D eigenvalue weighted by Crippen LogP contribution is -2.13. The molecule has 6 heteroatoms. The van der Waals surface area contributed by atoms with Gasteiger partial charge in [0.2, 0.25) is 0 Å². The second-order valence-corrected chi connectivity index (χ2v) is 3.13. The van der Waals surface area contributed by atoms with Gasteiger partial charge < -0.3 is 9.47 Å². The zero-order valence-corrected chi connectivity index (χ0v) is 8.79. The average Bonchev–Trinajstić information content (AvgIpc) is 2.73. The highest BCUT2D eigenvalue weighted by Gasteiger charge is 2.04. The van der Waals surface area contributed by atoms with Crippen LogP contribution in [0.25, 0.3) is 11.0 Å². The standard InChI is InChI=1S/C10H11N3O3/c1-15-10(14)6-16-7-13-9-5-3-2-4-8(9)11-12-13/h2-5H,6-7H2,1H3. The molecular weight excluding hydrogens is 210 g/mol. The van der Waals surface area contributed by atoms with Crippen LogP contribution in [0, 0.1) is 0 Å². The van der Waals surface area contributed by atoms with Crippen molar-refractivity contribution in [3.05, 3.63) is 24.3 Å². The third kappa shape index (κ3) is 2.17. The van der Waals surface area contributed by atoms with Crippen LogP contribution in [0.4, 0.5) is 0 Å². The van der Waals surface area contributed by atoms with Gasteiger partial charge in [0.25, 0.3) is 0 Å². The highest BCUT2D eigenvalue weighted by Crippen LogP contribution is 2.09. The van der Waals surface area contributed by atoms with Gasteiger partial charge in [-0.2, -0.15) is 0 Å². The van der Waals surface area contributed by atoms with E-state index >= 15 is 0 Å². The molecule has 0 aliphatic carbocycles. The van der Waals surface area contributed by atoms with Gasteiger partial charge in [0.1, 0.15) is 18.9 Å². The summed E-state index contributed by atoms with van der Waals surface area (Å²) < 4.78 is 11.2. The van der Waals surface area contributed by atoms with Crippen molar-refractivity contribution in [2.75, 3.05) is 13.7 Å². The van der Waals surface area contributed by atoms with Gasteiger partial charge in [-0.05, 0) is 12.1 Å². The molecule has 1 aromatic carbocycles. The average molecular weight is 221 g/mol. The summed E-state index contributed by atoms with van der Waals surface area (Å²) in [6.45, 7) is 0.0836. The molecule has 1 heterocycles. The Morgan fingerprint density at radius 3 is 3.06 bits per heavy atom. The molecule has 84 valence electrons. The Morgan fingerprint density at radius 1 is 1.44 bits per heavy atom. The van der Waals surface area contributed by atoms with Crippen molar-refractivity contribution in [3.8, 4) is 0 Å². The van der Waals surface area contributed by atoms with Crippen LogP contribution in [0.15, 0.2) is 24.3 Å². The number of para-hydroxylation sites is 1. The van der Waals surface area contributed by atoms with Gasteiger partial charge in [-0.25, -0.2) is 9.48 Å². The van der Waals surface area contributed by atoms with Crippen LogP contribution in [0.2, 0.25) is 0 Å². The fraction of sp³-hybridized carbons (Fsp3) is 0.300. The number of carbonyl (C=O) groups is 1. The minimum Gasteiger partial charge on any atom is -0.467 e. The largest absolute Gasteiger partial charge is 0.467 e. The summed E-state index contributed by atoms with van der Waals surface area (Å²) in [5.41, 5.74) is 1.66. The van der Waals surface area contributed by atoms with E-state index in [1.54, 1.807) is 4.68 Å². The van der Waals surface area contributed by atoms with Crippen LogP contribution >= 0.6 is 0 Å². The maximum atomic E-state index is 10.8. The number of aromatic nitrogens is 3. The van der Waals surface area contributed by atoms with Gasteiger partial charge >= 0.3 is 5.97 Å². The zero-order chi connectivity index (χ0) is 11.4.